The first kappa shape index (κ1) is 21.5. The van der Waals surface area contributed by atoms with Crippen LogP contribution in [0.3, 0.4) is 0 Å². The summed E-state index contributed by atoms with van der Waals surface area (Å²) >= 11 is 2.14. The molecule has 0 radical (unpaired) electrons. The molecule has 0 spiro atoms. The van der Waals surface area contributed by atoms with Crippen molar-refractivity contribution in [1.82, 2.24) is 0 Å². The molecule has 2 rings (SSSR count). The Hall–Kier alpha value is -2.79. The summed E-state index contributed by atoms with van der Waals surface area (Å²) in [5.41, 5.74) is 2.40. The van der Waals surface area contributed by atoms with Crippen LogP contribution >= 0.6 is 22.6 Å². The maximum atomic E-state index is 12.5. The number of hydrogen-bond acceptors (Lipinski definition) is 4. The first-order chi connectivity index (χ1) is 13.5. The van der Waals surface area contributed by atoms with Crippen LogP contribution < -0.4 is 14.8 Å². The molecule has 0 aliphatic rings. The number of nitrogens with one attached hydrogen (secondary N) is 1. The van der Waals surface area contributed by atoms with E-state index in [0.717, 1.165) is 9.13 Å². The quantitative estimate of drug-likeness (QED) is 0.243. The summed E-state index contributed by atoms with van der Waals surface area (Å²) in [5, 5.41) is 12.2. The second-order valence-electron chi connectivity index (χ2n) is 5.85. The zero-order chi connectivity index (χ0) is 20.5. The molecule has 2 aromatic carbocycles. The number of rotatable bonds is 8. The van der Waals surface area contributed by atoms with E-state index in [1.54, 1.807) is 24.3 Å². The zero-order valence-electron chi connectivity index (χ0n) is 15.8. The summed E-state index contributed by atoms with van der Waals surface area (Å²) in [6, 6.07) is 12.9. The molecule has 5 nitrogen and oxygen atoms in total. The van der Waals surface area contributed by atoms with Gasteiger partial charge in [0, 0.05) is 5.69 Å². The molecule has 0 saturated carbocycles. The van der Waals surface area contributed by atoms with Gasteiger partial charge in [-0.25, -0.2) is 0 Å². The zero-order valence-corrected chi connectivity index (χ0v) is 17.9. The number of aryl methyl sites for hydroxylation is 1. The van der Waals surface area contributed by atoms with Gasteiger partial charge in [-0.2, -0.15) is 5.26 Å². The lowest BCUT2D eigenvalue weighted by Gasteiger charge is -2.14. The average Bonchev–Trinajstić information content (AvgIpc) is 2.67. The van der Waals surface area contributed by atoms with Crippen molar-refractivity contribution in [3.05, 3.63) is 69.3 Å². The van der Waals surface area contributed by atoms with Gasteiger partial charge in [0.15, 0.2) is 11.5 Å². The molecular weight excluding hydrogens is 467 g/mol. The second kappa shape index (κ2) is 10.5. The standard InChI is InChI=1S/C22H21IN2O3/c1-4-10-28-21-19(23)12-16(13-20(21)27-5-2)11-17(14-24)22(26)25-18-8-6-15(3)7-9-18/h4,6-9,11-13H,1,5,10H2,2-3H3,(H,25,26). The summed E-state index contributed by atoms with van der Waals surface area (Å²) in [5.74, 6) is 0.701. The Kier molecular flexibility index (Phi) is 8.08. The molecule has 0 aromatic heterocycles. The first-order valence-electron chi connectivity index (χ1n) is 8.68. The molecular formula is C22H21IN2O3. The van der Waals surface area contributed by atoms with E-state index in [2.05, 4.69) is 34.5 Å². The van der Waals surface area contributed by atoms with Gasteiger partial charge < -0.3 is 14.8 Å². The van der Waals surface area contributed by atoms with E-state index in [0.29, 0.717) is 36.0 Å². The maximum Gasteiger partial charge on any atom is 0.266 e. The highest BCUT2D eigenvalue weighted by Gasteiger charge is 2.14. The fraction of sp³-hybridized carbons (Fsp3) is 0.182. The third kappa shape index (κ3) is 5.86. The molecule has 2 aromatic rings. The van der Waals surface area contributed by atoms with Crippen molar-refractivity contribution in [2.75, 3.05) is 18.5 Å². The van der Waals surface area contributed by atoms with Crippen LogP contribution in [-0.4, -0.2) is 19.1 Å². The second-order valence-corrected chi connectivity index (χ2v) is 7.01. The summed E-state index contributed by atoms with van der Waals surface area (Å²) in [6.07, 6.45) is 3.19. The van der Waals surface area contributed by atoms with Crippen LogP contribution in [0, 0.1) is 21.8 Å². The Labute approximate surface area is 178 Å². The van der Waals surface area contributed by atoms with Crippen LogP contribution in [0.15, 0.2) is 54.6 Å². The normalized spacial score (nSPS) is 10.7. The lowest BCUT2D eigenvalue weighted by molar-refractivity contribution is -0.112. The van der Waals surface area contributed by atoms with Gasteiger partial charge in [0.25, 0.3) is 5.91 Å². The minimum Gasteiger partial charge on any atom is -0.490 e. The van der Waals surface area contributed by atoms with Gasteiger partial charge in [0.05, 0.1) is 10.2 Å². The SMILES string of the molecule is C=CCOc1c(I)cc(C=C(C#N)C(=O)Nc2ccc(C)cc2)cc1OCC. The van der Waals surface area contributed by atoms with E-state index < -0.39 is 5.91 Å². The first-order valence-corrected chi connectivity index (χ1v) is 9.76. The number of hydrogen-bond donors (Lipinski definition) is 1. The number of carbonyl (C=O) groups excluding carboxylic acids is 1. The van der Waals surface area contributed by atoms with Crippen molar-refractivity contribution in [3.63, 3.8) is 0 Å². The van der Waals surface area contributed by atoms with E-state index in [9.17, 15) is 10.1 Å². The highest BCUT2D eigenvalue weighted by atomic mass is 127. The lowest BCUT2D eigenvalue weighted by atomic mass is 10.1. The van der Waals surface area contributed by atoms with Crippen LogP contribution in [0.4, 0.5) is 5.69 Å². The van der Waals surface area contributed by atoms with Gasteiger partial charge in [-0.1, -0.05) is 30.4 Å². The number of benzene rings is 2. The molecule has 0 fully saturated rings. The third-order valence-electron chi connectivity index (χ3n) is 3.66. The maximum absolute atomic E-state index is 12.5. The van der Waals surface area contributed by atoms with Crippen molar-refractivity contribution in [2.24, 2.45) is 0 Å². The van der Waals surface area contributed by atoms with Crippen molar-refractivity contribution in [1.29, 1.82) is 5.26 Å². The molecule has 0 bridgehead atoms. The Morgan fingerprint density at radius 2 is 2.00 bits per heavy atom. The predicted octanol–water partition coefficient (Wildman–Crippen LogP) is 5.11. The topological polar surface area (TPSA) is 71.3 Å². The molecule has 28 heavy (non-hydrogen) atoms. The van der Waals surface area contributed by atoms with E-state index >= 15 is 0 Å². The molecule has 0 aliphatic carbocycles. The fourth-order valence-corrected chi connectivity index (χ4v) is 3.15. The Balaban J connectivity index is 2.31. The minimum atomic E-state index is -0.466. The van der Waals surface area contributed by atoms with Crippen LogP contribution in [0.2, 0.25) is 0 Å². The Morgan fingerprint density at radius 1 is 1.29 bits per heavy atom. The van der Waals surface area contributed by atoms with Crippen molar-refractivity contribution in [2.45, 2.75) is 13.8 Å². The summed E-state index contributed by atoms with van der Waals surface area (Å²) in [4.78, 5) is 12.5. The number of halogens is 1. The fourth-order valence-electron chi connectivity index (χ4n) is 2.37. The summed E-state index contributed by atoms with van der Waals surface area (Å²) < 4.78 is 12.2. The number of nitrogens with zero attached hydrogens (tertiary/aromatic N) is 1. The largest absolute Gasteiger partial charge is 0.490 e. The van der Waals surface area contributed by atoms with Crippen molar-refractivity contribution in [3.8, 4) is 17.6 Å². The minimum absolute atomic E-state index is 0.00131. The van der Waals surface area contributed by atoms with E-state index in [1.165, 1.54) is 6.08 Å². The van der Waals surface area contributed by atoms with E-state index in [1.807, 2.05) is 38.1 Å². The summed E-state index contributed by atoms with van der Waals surface area (Å²) in [6.45, 7) is 8.31. The molecule has 0 heterocycles. The number of nitriles is 1. The van der Waals surface area contributed by atoms with Gasteiger partial charge >= 0.3 is 0 Å². The van der Waals surface area contributed by atoms with Gasteiger partial charge in [-0.15, -0.1) is 0 Å². The van der Waals surface area contributed by atoms with Gasteiger partial charge in [0.2, 0.25) is 0 Å². The molecule has 144 valence electrons. The molecule has 0 aliphatic heterocycles. The molecule has 0 atom stereocenters. The monoisotopic (exact) mass is 488 g/mol. The number of amides is 1. The number of anilines is 1. The molecule has 6 heteroatoms. The molecule has 1 amide bonds. The average molecular weight is 488 g/mol. The van der Waals surface area contributed by atoms with Crippen LogP contribution in [0.1, 0.15) is 18.1 Å². The van der Waals surface area contributed by atoms with Crippen LogP contribution in [0.5, 0.6) is 11.5 Å². The van der Waals surface area contributed by atoms with Crippen molar-refractivity contribution >= 4 is 40.3 Å². The highest BCUT2D eigenvalue weighted by Crippen LogP contribution is 2.35. The van der Waals surface area contributed by atoms with Gasteiger partial charge in [-0.3, -0.25) is 4.79 Å². The molecule has 0 saturated heterocycles. The predicted molar refractivity (Wildman–Crippen MR) is 119 cm³/mol. The molecule has 1 N–H and O–H groups in total. The van der Waals surface area contributed by atoms with Crippen LogP contribution in [-0.2, 0) is 4.79 Å². The highest BCUT2D eigenvalue weighted by molar-refractivity contribution is 14.1. The van der Waals surface area contributed by atoms with Crippen LogP contribution in [0.25, 0.3) is 6.08 Å². The lowest BCUT2D eigenvalue weighted by Crippen LogP contribution is -2.13. The Bertz CT molecular complexity index is 928. The van der Waals surface area contributed by atoms with Gasteiger partial charge in [0.1, 0.15) is 18.2 Å². The summed E-state index contributed by atoms with van der Waals surface area (Å²) in [7, 11) is 0. The van der Waals surface area contributed by atoms with Crippen molar-refractivity contribution < 1.29 is 14.3 Å². The molecule has 0 unspecified atom stereocenters. The van der Waals surface area contributed by atoms with E-state index in [-0.39, 0.29) is 5.57 Å². The Morgan fingerprint density at radius 3 is 2.61 bits per heavy atom. The third-order valence-corrected chi connectivity index (χ3v) is 4.46. The van der Waals surface area contributed by atoms with E-state index in [4.69, 9.17) is 9.47 Å². The smallest absolute Gasteiger partial charge is 0.266 e. The number of carbonyl (C=O) groups is 1. The van der Waals surface area contributed by atoms with Gasteiger partial charge in [-0.05, 0) is 72.3 Å². The number of ether oxygens (including phenoxy) is 2.